The molecular weight excluding hydrogens is 300 g/mol. The number of benzene rings is 1. The molecule has 0 bridgehead atoms. The second-order valence-corrected chi connectivity index (χ2v) is 5.78. The molecule has 0 aromatic heterocycles. The maximum Gasteiger partial charge on any atom is 0.226 e. The van der Waals surface area contributed by atoms with Crippen LogP contribution in [0.5, 0.6) is 5.75 Å². The van der Waals surface area contributed by atoms with Crippen molar-refractivity contribution < 1.29 is 9.53 Å². The largest absolute Gasteiger partial charge is 0.497 e. The van der Waals surface area contributed by atoms with Crippen LogP contribution in [0.2, 0.25) is 0 Å². The van der Waals surface area contributed by atoms with Crippen molar-refractivity contribution in [2.75, 3.05) is 26.7 Å². The van der Waals surface area contributed by atoms with Gasteiger partial charge in [-0.2, -0.15) is 0 Å². The molecule has 4 nitrogen and oxygen atoms in total. The summed E-state index contributed by atoms with van der Waals surface area (Å²) in [5.41, 5.74) is 1.11. The number of amides is 1. The number of carbonyl (C=O) groups is 1. The summed E-state index contributed by atoms with van der Waals surface area (Å²) in [6, 6.07) is 8.03. The minimum absolute atomic E-state index is 0. The number of nitrogens with zero attached hydrogens (tertiary/aromatic N) is 1. The lowest BCUT2D eigenvalue weighted by atomic mass is 9.87. The summed E-state index contributed by atoms with van der Waals surface area (Å²) >= 11 is 0. The molecule has 1 aromatic carbocycles. The molecule has 5 heteroatoms. The molecule has 1 amide bonds. The van der Waals surface area contributed by atoms with Gasteiger partial charge in [0.15, 0.2) is 0 Å². The van der Waals surface area contributed by atoms with Gasteiger partial charge in [0.2, 0.25) is 5.91 Å². The molecule has 2 unspecified atom stereocenters. The fourth-order valence-electron chi connectivity index (χ4n) is 2.83. The van der Waals surface area contributed by atoms with Gasteiger partial charge in [-0.1, -0.05) is 19.1 Å². The number of methoxy groups -OCH3 is 1. The summed E-state index contributed by atoms with van der Waals surface area (Å²) in [4.78, 5) is 14.7. The maximum atomic E-state index is 12.7. The van der Waals surface area contributed by atoms with E-state index in [-0.39, 0.29) is 30.3 Å². The van der Waals surface area contributed by atoms with Gasteiger partial charge >= 0.3 is 0 Å². The quantitative estimate of drug-likeness (QED) is 0.874. The van der Waals surface area contributed by atoms with Crippen LogP contribution in [0.4, 0.5) is 0 Å². The predicted molar refractivity (Wildman–Crippen MR) is 91.6 cm³/mol. The van der Waals surface area contributed by atoms with Gasteiger partial charge in [0.25, 0.3) is 0 Å². The molecule has 0 aliphatic carbocycles. The van der Waals surface area contributed by atoms with Gasteiger partial charge in [-0.3, -0.25) is 4.79 Å². The fraction of sp³-hybridized carbons (Fsp3) is 0.588. The summed E-state index contributed by atoms with van der Waals surface area (Å²) in [6.07, 6.45) is 0. The second-order valence-electron chi connectivity index (χ2n) is 5.78. The van der Waals surface area contributed by atoms with E-state index in [1.165, 1.54) is 0 Å². The van der Waals surface area contributed by atoms with Crippen LogP contribution < -0.4 is 10.1 Å². The molecule has 22 heavy (non-hydrogen) atoms. The first-order valence-corrected chi connectivity index (χ1v) is 7.73. The monoisotopic (exact) mass is 326 g/mol. The highest BCUT2D eigenvalue weighted by Crippen LogP contribution is 2.27. The zero-order valence-electron chi connectivity index (χ0n) is 13.8. The normalized spacial score (nSPS) is 16.9. The van der Waals surface area contributed by atoms with Crippen molar-refractivity contribution in [2.24, 2.45) is 11.8 Å². The molecule has 2 atom stereocenters. The summed E-state index contributed by atoms with van der Waals surface area (Å²) < 4.78 is 5.28. The summed E-state index contributed by atoms with van der Waals surface area (Å²) in [7, 11) is 1.66. The van der Waals surface area contributed by atoms with E-state index in [1.54, 1.807) is 7.11 Å². The third kappa shape index (κ3) is 3.93. The topological polar surface area (TPSA) is 41.6 Å². The molecule has 1 N–H and O–H groups in total. The van der Waals surface area contributed by atoms with E-state index in [0.29, 0.717) is 5.92 Å². The highest BCUT2D eigenvalue weighted by atomic mass is 35.5. The van der Waals surface area contributed by atoms with Crippen LogP contribution in [0.3, 0.4) is 0 Å². The highest BCUT2D eigenvalue weighted by molar-refractivity contribution is 5.85. The summed E-state index contributed by atoms with van der Waals surface area (Å²) in [6.45, 7) is 8.81. The summed E-state index contributed by atoms with van der Waals surface area (Å²) in [5, 5.41) is 3.24. The molecule has 0 spiro atoms. The lowest BCUT2D eigenvalue weighted by molar-refractivity contribution is -0.139. The van der Waals surface area contributed by atoms with Crippen molar-refractivity contribution in [1.29, 1.82) is 0 Å². The molecule has 1 saturated heterocycles. The van der Waals surface area contributed by atoms with Crippen molar-refractivity contribution in [1.82, 2.24) is 10.2 Å². The standard InChI is InChI=1S/C17H26N2O2.ClH/c1-5-19(17(20)12(2)15-10-18-11-15)13(3)14-7-6-8-16(9-14)21-4;/h6-9,12-13,15,18H,5,10-11H2,1-4H3;1H. The van der Waals surface area contributed by atoms with E-state index in [0.717, 1.165) is 30.9 Å². The van der Waals surface area contributed by atoms with Gasteiger partial charge in [-0.25, -0.2) is 0 Å². The van der Waals surface area contributed by atoms with Crippen molar-refractivity contribution in [3.8, 4) is 5.75 Å². The molecule has 0 radical (unpaired) electrons. The molecule has 1 heterocycles. The van der Waals surface area contributed by atoms with Crippen LogP contribution in [0, 0.1) is 11.8 Å². The van der Waals surface area contributed by atoms with E-state index in [2.05, 4.69) is 25.2 Å². The number of carbonyl (C=O) groups excluding carboxylic acids is 1. The number of halogens is 1. The Morgan fingerprint density at radius 3 is 2.59 bits per heavy atom. The Labute approximate surface area is 139 Å². The van der Waals surface area contributed by atoms with Crippen LogP contribution >= 0.6 is 12.4 Å². The Morgan fingerprint density at radius 1 is 1.41 bits per heavy atom. The zero-order chi connectivity index (χ0) is 15.4. The third-order valence-electron chi connectivity index (χ3n) is 4.58. The number of ether oxygens (including phenoxy) is 1. The zero-order valence-corrected chi connectivity index (χ0v) is 14.7. The molecule has 124 valence electrons. The van der Waals surface area contributed by atoms with Gasteiger partial charge in [-0.05, 0) is 50.6 Å². The Morgan fingerprint density at radius 2 is 2.09 bits per heavy atom. The lowest BCUT2D eigenvalue weighted by Crippen LogP contribution is -2.50. The van der Waals surface area contributed by atoms with Gasteiger partial charge in [-0.15, -0.1) is 12.4 Å². The Bertz CT molecular complexity index is 491. The molecule has 0 saturated carbocycles. The van der Waals surface area contributed by atoms with Crippen LogP contribution in [-0.4, -0.2) is 37.6 Å². The van der Waals surface area contributed by atoms with Crippen LogP contribution in [0.25, 0.3) is 0 Å². The maximum absolute atomic E-state index is 12.7. The van der Waals surface area contributed by atoms with E-state index < -0.39 is 0 Å². The smallest absolute Gasteiger partial charge is 0.226 e. The third-order valence-corrected chi connectivity index (χ3v) is 4.58. The highest BCUT2D eigenvalue weighted by Gasteiger charge is 2.33. The molecule has 1 aliphatic rings. The second kappa shape index (κ2) is 8.39. The van der Waals surface area contributed by atoms with E-state index in [4.69, 9.17) is 4.74 Å². The molecule has 1 fully saturated rings. The Balaban J connectivity index is 0.00000242. The minimum atomic E-state index is 0. The minimum Gasteiger partial charge on any atom is -0.497 e. The van der Waals surface area contributed by atoms with Gasteiger partial charge in [0.05, 0.1) is 13.2 Å². The summed E-state index contributed by atoms with van der Waals surface area (Å²) in [5.74, 6) is 1.64. The molecule has 1 aromatic rings. The van der Waals surface area contributed by atoms with Crippen molar-refractivity contribution in [3.63, 3.8) is 0 Å². The molecule has 1 aliphatic heterocycles. The Kier molecular flexibility index (Phi) is 7.17. The van der Waals surface area contributed by atoms with Gasteiger partial charge in [0, 0.05) is 12.5 Å². The Hall–Kier alpha value is -1.26. The van der Waals surface area contributed by atoms with Gasteiger partial charge in [0.1, 0.15) is 5.75 Å². The lowest BCUT2D eigenvalue weighted by Gasteiger charge is -2.37. The fourth-order valence-corrected chi connectivity index (χ4v) is 2.83. The first-order valence-electron chi connectivity index (χ1n) is 7.73. The first kappa shape index (κ1) is 18.8. The van der Waals surface area contributed by atoms with Gasteiger partial charge < -0.3 is 15.0 Å². The average molecular weight is 327 g/mol. The van der Waals surface area contributed by atoms with Crippen molar-refractivity contribution in [3.05, 3.63) is 29.8 Å². The number of rotatable bonds is 6. The number of hydrogen-bond acceptors (Lipinski definition) is 3. The SMILES string of the molecule is CCN(C(=O)C(C)C1CNC1)C(C)c1cccc(OC)c1.Cl. The molecule has 2 rings (SSSR count). The molecular formula is C17H27ClN2O2. The van der Waals surface area contributed by atoms with E-state index in [9.17, 15) is 4.79 Å². The van der Waals surface area contributed by atoms with Crippen LogP contribution in [0.1, 0.15) is 32.4 Å². The van der Waals surface area contributed by atoms with E-state index in [1.807, 2.05) is 30.0 Å². The number of nitrogens with one attached hydrogen (secondary N) is 1. The van der Waals surface area contributed by atoms with Crippen LogP contribution in [0.15, 0.2) is 24.3 Å². The number of hydrogen-bond donors (Lipinski definition) is 1. The van der Waals surface area contributed by atoms with Crippen LogP contribution in [-0.2, 0) is 4.79 Å². The average Bonchev–Trinajstić information content (AvgIpc) is 2.45. The van der Waals surface area contributed by atoms with Crippen molar-refractivity contribution in [2.45, 2.75) is 26.8 Å². The van der Waals surface area contributed by atoms with Crippen molar-refractivity contribution >= 4 is 18.3 Å². The predicted octanol–water partition coefficient (Wildman–Crippen LogP) is 2.88. The first-order chi connectivity index (χ1) is 10.1. The van der Waals surface area contributed by atoms with E-state index >= 15 is 0 Å².